The largest absolute Gasteiger partial charge is 0.336 e. The molecule has 25 heavy (non-hydrogen) atoms. The van der Waals surface area contributed by atoms with Crippen LogP contribution >= 0.6 is 11.6 Å². The van der Waals surface area contributed by atoms with Gasteiger partial charge in [0.15, 0.2) is 0 Å². The maximum absolute atomic E-state index is 13.1. The maximum Gasteiger partial charge on any atom is 0.253 e. The first-order valence-corrected chi connectivity index (χ1v) is 8.40. The number of rotatable bonds is 3. The summed E-state index contributed by atoms with van der Waals surface area (Å²) in [5.41, 5.74) is 1.33. The number of hydrogen-bond donors (Lipinski definition) is 0. The molecule has 1 amide bonds. The Morgan fingerprint density at radius 3 is 2.40 bits per heavy atom. The first kappa shape index (κ1) is 17.4. The van der Waals surface area contributed by atoms with E-state index in [4.69, 9.17) is 11.6 Å². The Balaban J connectivity index is 1.65. The van der Waals surface area contributed by atoms with Crippen LogP contribution < -0.4 is 0 Å². The van der Waals surface area contributed by atoms with Crippen molar-refractivity contribution in [1.82, 2.24) is 9.80 Å². The molecule has 0 radical (unpaired) electrons. The van der Waals surface area contributed by atoms with Gasteiger partial charge in [0.1, 0.15) is 11.9 Å². The minimum absolute atomic E-state index is 0.0579. The molecule has 6 heteroatoms. The molecule has 2 aromatic rings. The third-order valence-corrected chi connectivity index (χ3v) is 4.58. The second-order valence-corrected chi connectivity index (χ2v) is 6.36. The minimum Gasteiger partial charge on any atom is -0.336 e. The van der Waals surface area contributed by atoms with Crippen LogP contribution in [0.5, 0.6) is 0 Å². The summed E-state index contributed by atoms with van der Waals surface area (Å²) in [6, 6.07) is 14.7. The fourth-order valence-corrected chi connectivity index (χ4v) is 3.19. The smallest absolute Gasteiger partial charge is 0.253 e. The highest BCUT2D eigenvalue weighted by Gasteiger charge is 2.27. The Bertz CT molecular complexity index is 795. The Morgan fingerprint density at radius 1 is 1.12 bits per heavy atom. The number of carbonyl (C=O) groups is 1. The van der Waals surface area contributed by atoms with Crippen molar-refractivity contribution in [1.29, 1.82) is 5.26 Å². The van der Waals surface area contributed by atoms with Gasteiger partial charge >= 0.3 is 0 Å². The van der Waals surface area contributed by atoms with Crippen molar-refractivity contribution in [2.24, 2.45) is 0 Å². The van der Waals surface area contributed by atoms with Gasteiger partial charge in [-0.05, 0) is 35.9 Å². The lowest BCUT2D eigenvalue weighted by Gasteiger charge is -2.37. The summed E-state index contributed by atoms with van der Waals surface area (Å²) < 4.78 is 13.1. The molecule has 4 nitrogen and oxygen atoms in total. The highest BCUT2D eigenvalue weighted by molar-refractivity contribution is 6.30. The summed E-state index contributed by atoms with van der Waals surface area (Å²) in [5.74, 6) is -0.380. The van der Waals surface area contributed by atoms with Crippen LogP contribution in [-0.4, -0.2) is 41.9 Å². The van der Waals surface area contributed by atoms with Crippen molar-refractivity contribution >= 4 is 17.5 Å². The van der Waals surface area contributed by atoms with E-state index in [0.29, 0.717) is 36.8 Å². The highest BCUT2D eigenvalue weighted by atomic mass is 35.5. The summed E-state index contributed by atoms with van der Waals surface area (Å²) in [4.78, 5) is 16.3. The van der Waals surface area contributed by atoms with Gasteiger partial charge in [0.2, 0.25) is 0 Å². The summed E-state index contributed by atoms with van der Waals surface area (Å²) in [5, 5.41) is 10.0. The highest BCUT2D eigenvalue weighted by Crippen LogP contribution is 2.22. The van der Waals surface area contributed by atoms with Crippen molar-refractivity contribution in [3.8, 4) is 6.07 Å². The van der Waals surface area contributed by atoms with E-state index in [1.54, 1.807) is 41.3 Å². The molecular formula is C19H17ClFN3O. The molecule has 0 aliphatic carbocycles. The van der Waals surface area contributed by atoms with Gasteiger partial charge in [-0.25, -0.2) is 4.39 Å². The molecule has 128 valence electrons. The van der Waals surface area contributed by atoms with Crippen LogP contribution in [0.3, 0.4) is 0 Å². The molecule has 0 saturated carbocycles. The molecule has 0 spiro atoms. The predicted octanol–water partition coefficient (Wildman–Crippen LogP) is 3.50. The van der Waals surface area contributed by atoms with Gasteiger partial charge in [-0.3, -0.25) is 9.69 Å². The summed E-state index contributed by atoms with van der Waals surface area (Å²) in [7, 11) is 0. The Kier molecular flexibility index (Phi) is 5.32. The molecule has 1 aliphatic heterocycles. The van der Waals surface area contributed by atoms with Crippen LogP contribution in [0.4, 0.5) is 4.39 Å². The normalized spacial score (nSPS) is 16.3. The van der Waals surface area contributed by atoms with Gasteiger partial charge in [-0.2, -0.15) is 5.26 Å². The van der Waals surface area contributed by atoms with Crippen molar-refractivity contribution in [3.63, 3.8) is 0 Å². The number of piperazine rings is 1. The number of amides is 1. The number of benzene rings is 2. The summed E-state index contributed by atoms with van der Waals surface area (Å²) >= 11 is 5.95. The standard InChI is InChI=1S/C19H17ClFN3O/c20-16-3-1-2-15(12-16)19(25)24-10-8-23(9-11-24)18(13-22)14-4-6-17(21)7-5-14/h1-7,12,18H,8-11H2. The molecule has 1 unspecified atom stereocenters. The average molecular weight is 358 g/mol. The van der Waals surface area contributed by atoms with Crippen LogP contribution in [-0.2, 0) is 0 Å². The lowest BCUT2D eigenvalue weighted by atomic mass is 10.1. The first-order valence-electron chi connectivity index (χ1n) is 8.02. The number of hydrogen-bond acceptors (Lipinski definition) is 3. The van der Waals surface area contributed by atoms with Gasteiger partial charge in [-0.15, -0.1) is 0 Å². The first-order chi connectivity index (χ1) is 12.1. The number of halogens is 2. The Hall–Kier alpha value is -2.42. The zero-order chi connectivity index (χ0) is 17.8. The van der Waals surface area contributed by atoms with E-state index in [9.17, 15) is 14.4 Å². The topological polar surface area (TPSA) is 47.3 Å². The van der Waals surface area contributed by atoms with Crippen LogP contribution in [0.2, 0.25) is 5.02 Å². The van der Waals surface area contributed by atoms with Crippen molar-refractivity contribution in [2.75, 3.05) is 26.2 Å². The van der Waals surface area contributed by atoms with E-state index in [2.05, 4.69) is 6.07 Å². The van der Waals surface area contributed by atoms with Crippen molar-refractivity contribution in [3.05, 3.63) is 70.5 Å². The van der Waals surface area contributed by atoms with E-state index in [1.807, 2.05) is 4.90 Å². The van der Waals surface area contributed by atoms with Crippen LogP contribution in [0.25, 0.3) is 0 Å². The molecule has 1 heterocycles. The Labute approximate surface area is 151 Å². The van der Waals surface area contributed by atoms with E-state index in [1.165, 1.54) is 12.1 Å². The number of nitriles is 1. The summed E-state index contributed by atoms with van der Waals surface area (Å²) in [6.45, 7) is 2.24. The van der Waals surface area contributed by atoms with E-state index >= 15 is 0 Å². The van der Waals surface area contributed by atoms with Crippen molar-refractivity contribution < 1.29 is 9.18 Å². The fourth-order valence-electron chi connectivity index (χ4n) is 3.00. The fraction of sp³-hybridized carbons (Fsp3) is 0.263. The molecule has 1 saturated heterocycles. The molecule has 2 aromatic carbocycles. The number of carbonyl (C=O) groups excluding carboxylic acids is 1. The Morgan fingerprint density at radius 2 is 1.80 bits per heavy atom. The third-order valence-electron chi connectivity index (χ3n) is 4.35. The quantitative estimate of drug-likeness (QED) is 0.844. The molecule has 1 aliphatic rings. The lowest BCUT2D eigenvalue weighted by Crippen LogP contribution is -2.49. The van der Waals surface area contributed by atoms with Crippen LogP contribution in [0, 0.1) is 17.1 Å². The van der Waals surface area contributed by atoms with E-state index < -0.39 is 6.04 Å². The molecule has 1 atom stereocenters. The van der Waals surface area contributed by atoms with Gasteiger partial charge in [-0.1, -0.05) is 29.8 Å². The average Bonchev–Trinajstić information content (AvgIpc) is 2.64. The molecule has 0 N–H and O–H groups in total. The van der Waals surface area contributed by atoms with Crippen LogP contribution in [0.1, 0.15) is 22.0 Å². The monoisotopic (exact) mass is 357 g/mol. The SMILES string of the molecule is N#CC(c1ccc(F)cc1)N1CCN(C(=O)c2cccc(Cl)c2)CC1. The van der Waals surface area contributed by atoms with Crippen LogP contribution in [0.15, 0.2) is 48.5 Å². The number of nitrogens with zero attached hydrogens (tertiary/aromatic N) is 3. The predicted molar refractivity (Wildman–Crippen MR) is 93.7 cm³/mol. The molecule has 0 aromatic heterocycles. The summed E-state index contributed by atoms with van der Waals surface area (Å²) in [6.07, 6.45) is 0. The van der Waals surface area contributed by atoms with Gasteiger partial charge in [0.25, 0.3) is 5.91 Å². The van der Waals surface area contributed by atoms with Gasteiger partial charge in [0, 0.05) is 36.8 Å². The molecule has 3 rings (SSSR count). The molecule has 0 bridgehead atoms. The van der Waals surface area contributed by atoms with Gasteiger partial charge < -0.3 is 4.90 Å². The van der Waals surface area contributed by atoms with Gasteiger partial charge in [0.05, 0.1) is 6.07 Å². The molecule has 1 fully saturated rings. The maximum atomic E-state index is 13.1. The zero-order valence-corrected chi connectivity index (χ0v) is 14.3. The van der Waals surface area contributed by atoms with Crippen molar-refractivity contribution in [2.45, 2.75) is 6.04 Å². The van der Waals surface area contributed by atoms with E-state index in [0.717, 1.165) is 5.56 Å². The third kappa shape index (κ3) is 3.98. The minimum atomic E-state index is -0.441. The zero-order valence-electron chi connectivity index (χ0n) is 13.5. The second kappa shape index (κ2) is 7.64. The lowest BCUT2D eigenvalue weighted by molar-refractivity contribution is 0.0606. The second-order valence-electron chi connectivity index (χ2n) is 5.92. The molecular weight excluding hydrogens is 341 g/mol. The van der Waals surface area contributed by atoms with E-state index in [-0.39, 0.29) is 11.7 Å².